The number of nitrogens with one attached hydrogen (secondary N) is 1. The second-order valence-electron chi connectivity index (χ2n) is 4.56. The molecule has 0 heterocycles. The number of amides is 1. The molecular weight excluding hydrogens is 208 g/mol. The molecule has 5 nitrogen and oxygen atoms in total. The molecule has 0 saturated heterocycles. The summed E-state index contributed by atoms with van der Waals surface area (Å²) in [7, 11) is 0. The maximum absolute atomic E-state index is 11.9. The van der Waals surface area contributed by atoms with Crippen LogP contribution in [0.3, 0.4) is 0 Å². The van der Waals surface area contributed by atoms with Crippen molar-refractivity contribution in [3.05, 3.63) is 0 Å². The fourth-order valence-electron chi connectivity index (χ4n) is 1.84. The molecule has 0 unspecified atom stereocenters. The molecule has 1 rings (SSSR count). The standard InChI is InChI=1S/C11H20N2O3/c1-3-10(12,4-2)8(14)13-11(9(15)16)6-5-7-11/h3-7,12H2,1-2H3,(H,13,14)(H,15,16). The summed E-state index contributed by atoms with van der Waals surface area (Å²) in [4.78, 5) is 23.0. The first-order valence-corrected chi connectivity index (χ1v) is 5.75. The second kappa shape index (κ2) is 4.41. The van der Waals surface area contributed by atoms with Crippen LogP contribution in [0.4, 0.5) is 0 Å². The third-order valence-corrected chi connectivity index (χ3v) is 3.68. The van der Waals surface area contributed by atoms with Crippen molar-refractivity contribution in [2.75, 3.05) is 0 Å². The van der Waals surface area contributed by atoms with Crippen LogP contribution in [0.2, 0.25) is 0 Å². The number of hydrogen-bond donors (Lipinski definition) is 3. The fraction of sp³-hybridized carbons (Fsp3) is 0.818. The molecule has 0 bridgehead atoms. The smallest absolute Gasteiger partial charge is 0.329 e. The van der Waals surface area contributed by atoms with E-state index < -0.39 is 17.0 Å². The summed E-state index contributed by atoms with van der Waals surface area (Å²) < 4.78 is 0. The van der Waals surface area contributed by atoms with Crippen LogP contribution in [0.25, 0.3) is 0 Å². The fourth-order valence-corrected chi connectivity index (χ4v) is 1.84. The van der Waals surface area contributed by atoms with Crippen molar-refractivity contribution >= 4 is 11.9 Å². The van der Waals surface area contributed by atoms with Crippen molar-refractivity contribution in [1.82, 2.24) is 5.32 Å². The van der Waals surface area contributed by atoms with Crippen molar-refractivity contribution < 1.29 is 14.7 Å². The van der Waals surface area contributed by atoms with Crippen LogP contribution in [0.5, 0.6) is 0 Å². The van der Waals surface area contributed by atoms with Gasteiger partial charge in [-0.3, -0.25) is 4.79 Å². The summed E-state index contributed by atoms with van der Waals surface area (Å²) in [5, 5.41) is 11.7. The van der Waals surface area contributed by atoms with E-state index >= 15 is 0 Å². The summed E-state index contributed by atoms with van der Waals surface area (Å²) in [5.74, 6) is -1.30. The zero-order valence-corrected chi connectivity index (χ0v) is 9.88. The number of carboxylic acid groups (broad SMARTS) is 1. The lowest BCUT2D eigenvalue weighted by Gasteiger charge is -2.40. The van der Waals surface area contributed by atoms with Gasteiger partial charge in [0.2, 0.25) is 5.91 Å². The topological polar surface area (TPSA) is 92.4 Å². The van der Waals surface area contributed by atoms with E-state index in [0.29, 0.717) is 25.7 Å². The number of carbonyl (C=O) groups is 2. The van der Waals surface area contributed by atoms with Gasteiger partial charge in [-0.2, -0.15) is 0 Å². The Hall–Kier alpha value is -1.10. The van der Waals surface area contributed by atoms with Crippen LogP contribution in [-0.2, 0) is 9.59 Å². The van der Waals surface area contributed by atoms with E-state index in [1.54, 1.807) is 0 Å². The van der Waals surface area contributed by atoms with Crippen molar-refractivity contribution in [3.8, 4) is 0 Å². The molecule has 0 aromatic rings. The van der Waals surface area contributed by atoms with Gasteiger partial charge in [0.05, 0.1) is 5.54 Å². The number of carboxylic acids is 1. The molecule has 5 heteroatoms. The molecule has 1 aliphatic rings. The first kappa shape index (κ1) is 13.0. The molecule has 16 heavy (non-hydrogen) atoms. The Balaban J connectivity index is 2.73. The van der Waals surface area contributed by atoms with Gasteiger partial charge < -0.3 is 16.2 Å². The molecule has 0 aromatic carbocycles. The van der Waals surface area contributed by atoms with E-state index in [2.05, 4.69) is 5.32 Å². The van der Waals surface area contributed by atoms with Gasteiger partial charge in [0.15, 0.2) is 0 Å². The molecule has 1 amide bonds. The molecule has 1 fully saturated rings. The minimum atomic E-state index is -1.06. The Morgan fingerprint density at radius 3 is 2.12 bits per heavy atom. The molecule has 0 radical (unpaired) electrons. The van der Waals surface area contributed by atoms with Gasteiger partial charge in [0.1, 0.15) is 5.54 Å². The zero-order chi connectivity index (χ0) is 12.4. The predicted molar refractivity (Wildman–Crippen MR) is 59.9 cm³/mol. The summed E-state index contributed by atoms with van der Waals surface area (Å²) >= 11 is 0. The highest BCUT2D eigenvalue weighted by atomic mass is 16.4. The van der Waals surface area contributed by atoms with E-state index in [-0.39, 0.29) is 5.91 Å². The monoisotopic (exact) mass is 228 g/mol. The number of nitrogens with two attached hydrogens (primary N) is 1. The van der Waals surface area contributed by atoms with Gasteiger partial charge >= 0.3 is 5.97 Å². The van der Waals surface area contributed by atoms with E-state index in [1.807, 2.05) is 13.8 Å². The summed E-state index contributed by atoms with van der Waals surface area (Å²) in [6.07, 6.45) is 2.84. The van der Waals surface area contributed by atoms with Gasteiger partial charge in [-0.15, -0.1) is 0 Å². The van der Waals surface area contributed by atoms with Crippen LogP contribution >= 0.6 is 0 Å². The highest BCUT2D eigenvalue weighted by Gasteiger charge is 2.47. The first-order chi connectivity index (χ1) is 7.40. The third-order valence-electron chi connectivity index (χ3n) is 3.68. The summed E-state index contributed by atoms with van der Waals surface area (Å²) in [6, 6.07) is 0. The van der Waals surface area contributed by atoms with Crippen molar-refractivity contribution in [2.45, 2.75) is 57.0 Å². The molecule has 0 spiro atoms. The minimum Gasteiger partial charge on any atom is -0.480 e. The predicted octanol–water partition coefficient (Wildman–Crippen LogP) is 0.627. The van der Waals surface area contributed by atoms with Gasteiger partial charge in [0, 0.05) is 0 Å². The van der Waals surface area contributed by atoms with Crippen molar-refractivity contribution in [2.24, 2.45) is 5.73 Å². The Kier molecular flexibility index (Phi) is 3.57. The molecule has 92 valence electrons. The third kappa shape index (κ3) is 2.04. The number of rotatable bonds is 5. The van der Waals surface area contributed by atoms with E-state index in [4.69, 9.17) is 10.8 Å². The van der Waals surface area contributed by atoms with Crippen molar-refractivity contribution in [3.63, 3.8) is 0 Å². The van der Waals surface area contributed by atoms with Crippen LogP contribution in [0.1, 0.15) is 46.0 Å². The zero-order valence-electron chi connectivity index (χ0n) is 9.88. The van der Waals surface area contributed by atoms with Crippen LogP contribution in [-0.4, -0.2) is 28.1 Å². The van der Waals surface area contributed by atoms with E-state index in [1.165, 1.54) is 0 Å². The molecule has 4 N–H and O–H groups in total. The lowest BCUT2D eigenvalue weighted by Crippen LogP contribution is -2.65. The van der Waals surface area contributed by atoms with Gasteiger partial charge in [-0.25, -0.2) is 4.79 Å². The summed E-state index contributed by atoms with van der Waals surface area (Å²) in [5.41, 5.74) is 3.91. The average molecular weight is 228 g/mol. The number of carbonyl (C=O) groups excluding carboxylic acids is 1. The molecule has 1 aliphatic carbocycles. The SMILES string of the molecule is CCC(N)(CC)C(=O)NC1(C(=O)O)CCC1. The Bertz CT molecular complexity index is 294. The Morgan fingerprint density at radius 1 is 1.38 bits per heavy atom. The largest absolute Gasteiger partial charge is 0.480 e. The normalized spacial score (nSPS) is 18.7. The average Bonchev–Trinajstić information content (AvgIpc) is 2.21. The lowest BCUT2D eigenvalue weighted by atomic mass is 9.76. The molecule has 0 aromatic heterocycles. The lowest BCUT2D eigenvalue weighted by molar-refractivity contribution is -0.152. The highest BCUT2D eigenvalue weighted by molar-refractivity contribution is 5.92. The van der Waals surface area contributed by atoms with Crippen LogP contribution < -0.4 is 11.1 Å². The number of hydrogen-bond acceptors (Lipinski definition) is 3. The Labute approximate surface area is 95.4 Å². The maximum Gasteiger partial charge on any atom is 0.329 e. The van der Waals surface area contributed by atoms with Crippen LogP contribution in [0, 0.1) is 0 Å². The molecule has 0 atom stereocenters. The van der Waals surface area contributed by atoms with E-state index in [0.717, 1.165) is 6.42 Å². The molecule has 0 aliphatic heterocycles. The molecule has 1 saturated carbocycles. The molecular formula is C11H20N2O3. The first-order valence-electron chi connectivity index (χ1n) is 5.75. The van der Waals surface area contributed by atoms with Crippen LogP contribution in [0.15, 0.2) is 0 Å². The minimum absolute atomic E-state index is 0.348. The maximum atomic E-state index is 11.9. The van der Waals surface area contributed by atoms with Gasteiger partial charge in [0.25, 0.3) is 0 Å². The number of aliphatic carboxylic acids is 1. The highest BCUT2D eigenvalue weighted by Crippen LogP contribution is 2.32. The Morgan fingerprint density at radius 2 is 1.88 bits per heavy atom. The quantitative estimate of drug-likeness (QED) is 0.643. The van der Waals surface area contributed by atoms with Gasteiger partial charge in [-0.1, -0.05) is 13.8 Å². The summed E-state index contributed by atoms with van der Waals surface area (Å²) in [6.45, 7) is 3.66. The van der Waals surface area contributed by atoms with Gasteiger partial charge in [-0.05, 0) is 32.1 Å². The van der Waals surface area contributed by atoms with Crippen molar-refractivity contribution in [1.29, 1.82) is 0 Å². The second-order valence-corrected chi connectivity index (χ2v) is 4.56. The van der Waals surface area contributed by atoms with E-state index in [9.17, 15) is 9.59 Å².